The lowest BCUT2D eigenvalue weighted by Gasteiger charge is -2.15. The molecule has 0 aromatic heterocycles. The van der Waals surface area contributed by atoms with Gasteiger partial charge in [-0.25, -0.2) is 4.39 Å². The summed E-state index contributed by atoms with van der Waals surface area (Å²) in [6.07, 6.45) is -0.270. The van der Waals surface area contributed by atoms with E-state index in [4.69, 9.17) is 0 Å². The molecular formula is C11H7FN2O3. The third-order valence-corrected chi connectivity index (χ3v) is 3.17. The van der Waals surface area contributed by atoms with Crippen LogP contribution < -0.4 is 10.6 Å². The van der Waals surface area contributed by atoms with Gasteiger partial charge >= 0.3 is 0 Å². The molecule has 3 rings (SSSR count). The monoisotopic (exact) mass is 234 g/mol. The van der Waals surface area contributed by atoms with Crippen molar-refractivity contribution in [3.05, 3.63) is 29.6 Å². The van der Waals surface area contributed by atoms with Gasteiger partial charge in [0.15, 0.2) is 5.41 Å². The summed E-state index contributed by atoms with van der Waals surface area (Å²) in [5.74, 6) is -2.48. The molecule has 1 saturated heterocycles. The van der Waals surface area contributed by atoms with Gasteiger partial charge in [-0.1, -0.05) is 12.1 Å². The summed E-state index contributed by atoms with van der Waals surface area (Å²) in [6, 6.07) is 4.08. The van der Waals surface area contributed by atoms with Crippen LogP contribution in [-0.4, -0.2) is 17.7 Å². The molecule has 0 radical (unpaired) electrons. The summed E-state index contributed by atoms with van der Waals surface area (Å²) in [4.78, 5) is 34.9. The molecule has 2 aliphatic rings. The summed E-state index contributed by atoms with van der Waals surface area (Å²) >= 11 is 0. The van der Waals surface area contributed by atoms with Crippen molar-refractivity contribution in [3.63, 3.8) is 0 Å². The first-order valence-electron chi connectivity index (χ1n) is 5.00. The highest BCUT2D eigenvalue weighted by Crippen LogP contribution is 2.43. The molecule has 5 nitrogen and oxygen atoms in total. The number of hydrogen-bond acceptors (Lipinski definition) is 3. The zero-order valence-electron chi connectivity index (χ0n) is 8.54. The Kier molecular flexibility index (Phi) is 1.70. The fraction of sp³-hybridized carbons (Fsp3) is 0.182. The summed E-state index contributed by atoms with van der Waals surface area (Å²) in [6.45, 7) is 0. The smallest absolute Gasteiger partial charge is 0.247 e. The Bertz CT molecular complexity index is 584. The van der Waals surface area contributed by atoms with Crippen molar-refractivity contribution in [1.29, 1.82) is 0 Å². The third-order valence-electron chi connectivity index (χ3n) is 3.17. The lowest BCUT2D eigenvalue weighted by Crippen LogP contribution is -2.41. The number of imide groups is 1. The second-order valence-corrected chi connectivity index (χ2v) is 4.08. The lowest BCUT2D eigenvalue weighted by molar-refractivity contribution is -0.131. The van der Waals surface area contributed by atoms with E-state index in [2.05, 4.69) is 10.6 Å². The van der Waals surface area contributed by atoms with Crippen LogP contribution in [0.25, 0.3) is 0 Å². The minimum absolute atomic E-state index is 0.0117. The maximum Gasteiger partial charge on any atom is 0.247 e. The molecular weight excluding hydrogens is 227 g/mol. The molecule has 2 N–H and O–H groups in total. The Hall–Kier alpha value is -2.24. The van der Waals surface area contributed by atoms with Crippen molar-refractivity contribution in [2.75, 3.05) is 5.32 Å². The van der Waals surface area contributed by atoms with E-state index in [1.165, 1.54) is 18.2 Å². The molecule has 0 bridgehead atoms. The number of rotatable bonds is 0. The first kappa shape index (κ1) is 9.95. The Morgan fingerprint density at radius 1 is 1.12 bits per heavy atom. The molecule has 1 aromatic carbocycles. The molecule has 1 spiro atoms. The highest BCUT2D eigenvalue weighted by Gasteiger charge is 2.58. The number of carbonyl (C=O) groups is 3. The second kappa shape index (κ2) is 2.91. The minimum Gasteiger partial charge on any atom is -0.322 e. The maximum atomic E-state index is 13.5. The molecule has 1 unspecified atom stereocenters. The Morgan fingerprint density at radius 2 is 1.82 bits per heavy atom. The van der Waals surface area contributed by atoms with E-state index in [-0.39, 0.29) is 17.7 Å². The van der Waals surface area contributed by atoms with Crippen molar-refractivity contribution in [2.45, 2.75) is 11.8 Å². The third kappa shape index (κ3) is 1.04. The molecule has 1 atom stereocenters. The summed E-state index contributed by atoms with van der Waals surface area (Å²) in [5, 5.41) is 4.40. The van der Waals surface area contributed by atoms with Crippen molar-refractivity contribution in [3.8, 4) is 0 Å². The minimum atomic E-state index is -1.59. The quantitative estimate of drug-likeness (QED) is 0.492. The van der Waals surface area contributed by atoms with E-state index in [0.29, 0.717) is 0 Å². The molecule has 17 heavy (non-hydrogen) atoms. The molecule has 0 saturated carbocycles. The number of nitrogens with one attached hydrogen (secondary N) is 2. The van der Waals surface area contributed by atoms with Gasteiger partial charge in [-0.3, -0.25) is 19.7 Å². The SMILES string of the molecule is O=C1CC2(C(=O)N1)C(=O)Nc1c(F)cccc12. The number of fused-ring (bicyclic) bond motifs is 2. The number of carbonyl (C=O) groups excluding carboxylic acids is 3. The van der Waals surface area contributed by atoms with Crippen LogP contribution >= 0.6 is 0 Å². The van der Waals surface area contributed by atoms with Crippen LogP contribution in [-0.2, 0) is 19.8 Å². The number of benzene rings is 1. The van der Waals surface area contributed by atoms with Crippen molar-refractivity contribution in [1.82, 2.24) is 5.32 Å². The standard InChI is InChI=1S/C11H7FN2O3/c12-6-3-1-2-5-8(6)14-10(17)11(5)4-7(15)13-9(11)16/h1-3H,4H2,(H,14,17)(H,13,15,16). The van der Waals surface area contributed by atoms with Crippen LogP contribution in [0.1, 0.15) is 12.0 Å². The lowest BCUT2D eigenvalue weighted by atomic mass is 9.80. The summed E-state index contributed by atoms with van der Waals surface area (Å²) < 4.78 is 13.5. The fourth-order valence-electron chi connectivity index (χ4n) is 2.35. The number of hydrogen-bond donors (Lipinski definition) is 2. The fourth-order valence-corrected chi connectivity index (χ4v) is 2.35. The van der Waals surface area contributed by atoms with E-state index in [1.807, 2.05) is 0 Å². The van der Waals surface area contributed by atoms with E-state index in [9.17, 15) is 18.8 Å². The van der Waals surface area contributed by atoms with Gasteiger partial charge in [0.05, 0.1) is 12.1 Å². The number of anilines is 1. The van der Waals surface area contributed by atoms with Crippen molar-refractivity contribution >= 4 is 23.4 Å². The van der Waals surface area contributed by atoms with Gasteiger partial charge in [0, 0.05) is 5.56 Å². The number of amides is 3. The molecule has 1 aromatic rings. The van der Waals surface area contributed by atoms with E-state index < -0.39 is 29.0 Å². The van der Waals surface area contributed by atoms with E-state index in [0.717, 1.165) is 0 Å². The largest absolute Gasteiger partial charge is 0.322 e. The first-order chi connectivity index (χ1) is 8.05. The normalized spacial score (nSPS) is 26.1. The van der Waals surface area contributed by atoms with Gasteiger partial charge in [-0.15, -0.1) is 0 Å². The predicted octanol–water partition coefficient (Wildman–Crippen LogP) is 0.0621. The van der Waals surface area contributed by atoms with Crippen LogP contribution in [0, 0.1) is 5.82 Å². The van der Waals surface area contributed by atoms with Crippen molar-refractivity contribution < 1.29 is 18.8 Å². The zero-order valence-corrected chi connectivity index (χ0v) is 8.54. The average molecular weight is 234 g/mol. The van der Waals surface area contributed by atoms with Gasteiger partial charge in [-0.05, 0) is 6.07 Å². The average Bonchev–Trinajstić information content (AvgIpc) is 2.71. The van der Waals surface area contributed by atoms with Gasteiger partial charge < -0.3 is 5.32 Å². The molecule has 0 aliphatic carbocycles. The molecule has 2 heterocycles. The van der Waals surface area contributed by atoms with Crippen LogP contribution in [0.3, 0.4) is 0 Å². The first-order valence-corrected chi connectivity index (χ1v) is 5.00. The van der Waals surface area contributed by atoms with Crippen LogP contribution in [0.5, 0.6) is 0 Å². The van der Waals surface area contributed by atoms with E-state index in [1.54, 1.807) is 0 Å². The number of para-hydroxylation sites is 1. The van der Waals surface area contributed by atoms with Crippen LogP contribution in [0.2, 0.25) is 0 Å². The molecule has 86 valence electrons. The topological polar surface area (TPSA) is 75.3 Å². The molecule has 6 heteroatoms. The van der Waals surface area contributed by atoms with Crippen LogP contribution in [0.4, 0.5) is 10.1 Å². The van der Waals surface area contributed by atoms with Gasteiger partial charge in [-0.2, -0.15) is 0 Å². The zero-order chi connectivity index (χ0) is 12.2. The highest BCUT2D eigenvalue weighted by atomic mass is 19.1. The second-order valence-electron chi connectivity index (χ2n) is 4.08. The summed E-state index contributed by atoms with van der Waals surface area (Å²) in [5.41, 5.74) is -1.37. The Morgan fingerprint density at radius 3 is 2.47 bits per heavy atom. The molecule has 1 fully saturated rings. The number of halogens is 1. The van der Waals surface area contributed by atoms with Gasteiger partial charge in [0.2, 0.25) is 17.7 Å². The van der Waals surface area contributed by atoms with Crippen LogP contribution in [0.15, 0.2) is 18.2 Å². The van der Waals surface area contributed by atoms with E-state index >= 15 is 0 Å². The van der Waals surface area contributed by atoms with Gasteiger partial charge in [0.1, 0.15) is 5.82 Å². The molecule has 2 aliphatic heterocycles. The molecule has 3 amide bonds. The Balaban J connectivity index is 2.28. The maximum absolute atomic E-state index is 13.5. The van der Waals surface area contributed by atoms with Gasteiger partial charge in [0.25, 0.3) is 0 Å². The highest BCUT2D eigenvalue weighted by molar-refractivity contribution is 6.27. The predicted molar refractivity (Wildman–Crippen MR) is 54.5 cm³/mol. The summed E-state index contributed by atoms with van der Waals surface area (Å²) in [7, 11) is 0. The Labute approximate surface area is 95.0 Å². The van der Waals surface area contributed by atoms with Crippen molar-refractivity contribution in [2.24, 2.45) is 0 Å².